The van der Waals surface area contributed by atoms with Gasteiger partial charge in [-0.3, -0.25) is 4.79 Å². The second kappa shape index (κ2) is 5.58. The smallest absolute Gasteiger partial charge is 0.406 e. The number of ether oxygens (including phenoxy) is 1. The average Bonchev–Trinajstić information content (AvgIpc) is 2.25. The van der Waals surface area contributed by atoms with Gasteiger partial charge in [0.25, 0.3) is 0 Å². The minimum absolute atomic E-state index is 0.118. The number of hydrogen-bond acceptors (Lipinski definition) is 3. The number of rotatable bonds is 4. The SMILES string of the molecule is CC(=O)C(Cl)c1ccc(OC(F)(F)F)cc1CO. The zero-order chi connectivity index (χ0) is 13.9. The normalized spacial score (nSPS) is 13.2. The summed E-state index contributed by atoms with van der Waals surface area (Å²) < 4.78 is 39.7. The molecule has 0 bridgehead atoms. The van der Waals surface area contributed by atoms with Crippen LogP contribution in [0.3, 0.4) is 0 Å². The maximum absolute atomic E-state index is 12.0. The Morgan fingerprint density at radius 1 is 1.50 bits per heavy atom. The van der Waals surface area contributed by atoms with Gasteiger partial charge in [0.1, 0.15) is 11.1 Å². The first-order chi connectivity index (χ1) is 8.24. The van der Waals surface area contributed by atoms with Gasteiger partial charge in [-0.25, -0.2) is 0 Å². The lowest BCUT2D eigenvalue weighted by Crippen LogP contribution is -2.17. The van der Waals surface area contributed by atoms with Crippen LogP contribution >= 0.6 is 11.6 Å². The van der Waals surface area contributed by atoms with E-state index in [1.807, 2.05) is 0 Å². The van der Waals surface area contributed by atoms with Crippen LogP contribution in [0.5, 0.6) is 5.75 Å². The first-order valence-electron chi connectivity index (χ1n) is 4.88. The van der Waals surface area contributed by atoms with E-state index in [1.54, 1.807) is 0 Å². The molecule has 1 unspecified atom stereocenters. The molecule has 1 rings (SSSR count). The van der Waals surface area contributed by atoms with Crippen LogP contribution in [0.15, 0.2) is 18.2 Å². The summed E-state index contributed by atoms with van der Waals surface area (Å²) >= 11 is 5.79. The zero-order valence-electron chi connectivity index (χ0n) is 9.29. The fourth-order valence-corrected chi connectivity index (χ4v) is 1.60. The summed E-state index contributed by atoms with van der Waals surface area (Å²) in [6.07, 6.45) is -4.81. The van der Waals surface area contributed by atoms with E-state index in [-0.39, 0.29) is 16.9 Å². The van der Waals surface area contributed by atoms with Gasteiger partial charge in [0, 0.05) is 0 Å². The van der Waals surface area contributed by atoms with Crippen molar-refractivity contribution in [1.82, 2.24) is 0 Å². The largest absolute Gasteiger partial charge is 0.573 e. The number of alkyl halides is 4. The monoisotopic (exact) mass is 282 g/mol. The van der Waals surface area contributed by atoms with E-state index in [9.17, 15) is 18.0 Å². The Balaban J connectivity index is 3.07. The Kier molecular flexibility index (Phi) is 4.59. The third-order valence-electron chi connectivity index (χ3n) is 2.15. The number of aliphatic hydroxyl groups is 1. The van der Waals surface area contributed by atoms with Gasteiger partial charge in [-0.1, -0.05) is 6.07 Å². The van der Waals surface area contributed by atoms with Gasteiger partial charge >= 0.3 is 6.36 Å². The fraction of sp³-hybridized carbons (Fsp3) is 0.364. The molecule has 0 radical (unpaired) electrons. The highest BCUT2D eigenvalue weighted by molar-refractivity contribution is 6.30. The van der Waals surface area contributed by atoms with Gasteiger partial charge in [-0.15, -0.1) is 24.8 Å². The molecule has 18 heavy (non-hydrogen) atoms. The number of aliphatic hydroxyl groups excluding tert-OH is 1. The summed E-state index contributed by atoms with van der Waals surface area (Å²) in [6, 6.07) is 3.27. The van der Waals surface area contributed by atoms with Gasteiger partial charge < -0.3 is 9.84 Å². The van der Waals surface area contributed by atoms with Gasteiger partial charge in [0.2, 0.25) is 0 Å². The molecule has 0 heterocycles. The number of benzene rings is 1. The lowest BCUT2D eigenvalue weighted by atomic mass is 10.0. The molecule has 0 spiro atoms. The van der Waals surface area contributed by atoms with Gasteiger partial charge in [0.15, 0.2) is 5.78 Å². The predicted octanol–water partition coefficient (Wildman–Crippen LogP) is 2.95. The Morgan fingerprint density at radius 3 is 2.56 bits per heavy atom. The Hall–Kier alpha value is -1.27. The quantitative estimate of drug-likeness (QED) is 0.864. The molecule has 0 saturated carbocycles. The average molecular weight is 283 g/mol. The predicted molar refractivity (Wildman–Crippen MR) is 58.3 cm³/mol. The molecule has 0 aliphatic carbocycles. The van der Waals surface area contributed by atoms with Crippen molar-refractivity contribution in [2.45, 2.75) is 25.3 Å². The van der Waals surface area contributed by atoms with Gasteiger partial charge in [0.05, 0.1) is 6.61 Å². The molecule has 0 amide bonds. The van der Waals surface area contributed by atoms with Crippen LogP contribution in [0, 0.1) is 0 Å². The van der Waals surface area contributed by atoms with Crippen molar-refractivity contribution in [1.29, 1.82) is 0 Å². The highest BCUT2D eigenvalue weighted by atomic mass is 35.5. The minimum atomic E-state index is -4.81. The summed E-state index contributed by atoms with van der Waals surface area (Å²) in [5.74, 6) is -0.835. The molecule has 1 aromatic carbocycles. The van der Waals surface area contributed by atoms with Crippen molar-refractivity contribution in [3.63, 3.8) is 0 Å². The lowest BCUT2D eigenvalue weighted by Gasteiger charge is -2.14. The maximum Gasteiger partial charge on any atom is 0.573 e. The highest BCUT2D eigenvalue weighted by Crippen LogP contribution is 2.30. The molecule has 0 aliphatic heterocycles. The molecule has 100 valence electrons. The second-order valence-corrected chi connectivity index (χ2v) is 3.98. The Labute approximate surface area is 106 Å². The number of ketones is 1. The van der Waals surface area contributed by atoms with E-state index in [1.165, 1.54) is 13.0 Å². The molecule has 1 atom stereocenters. The number of carbonyl (C=O) groups excluding carboxylic acids is 1. The molecule has 1 aromatic rings. The summed E-state index contributed by atoms with van der Waals surface area (Å²) in [5, 5.41) is 8.06. The summed E-state index contributed by atoms with van der Waals surface area (Å²) in [4.78, 5) is 11.1. The molecule has 1 N–H and O–H groups in total. The van der Waals surface area contributed by atoms with Crippen LogP contribution in [-0.2, 0) is 11.4 Å². The van der Waals surface area contributed by atoms with Crippen molar-refractivity contribution in [3.05, 3.63) is 29.3 Å². The van der Waals surface area contributed by atoms with E-state index in [2.05, 4.69) is 4.74 Å². The lowest BCUT2D eigenvalue weighted by molar-refractivity contribution is -0.274. The van der Waals surface area contributed by atoms with Crippen molar-refractivity contribution in [3.8, 4) is 5.75 Å². The highest BCUT2D eigenvalue weighted by Gasteiger charge is 2.31. The van der Waals surface area contributed by atoms with Crippen molar-refractivity contribution in [2.75, 3.05) is 0 Å². The first-order valence-corrected chi connectivity index (χ1v) is 5.32. The van der Waals surface area contributed by atoms with Gasteiger partial charge in [-0.05, 0) is 30.2 Å². The van der Waals surface area contributed by atoms with E-state index >= 15 is 0 Å². The number of hydrogen-bond donors (Lipinski definition) is 1. The van der Waals surface area contributed by atoms with Crippen molar-refractivity contribution in [2.24, 2.45) is 0 Å². The minimum Gasteiger partial charge on any atom is -0.406 e. The zero-order valence-corrected chi connectivity index (χ0v) is 10.0. The van der Waals surface area contributed by atoms with Crippen LogP contribution < -0.4 is 4.74 Å². The van der Waals surface area contributed by atoms with E-state index in [4.69, 9.17) is 16.7 Å². The van der Waals surface area contributed by atoms with E-state index < -0.39 is 24.1 Å². The van der Waals surface area contributed by atoms with Crippen LogP contribution in [0.4, 0.5) is 13.2 Å². The summed E-state index contributed by atoms with van der Waals surface area (Å²) in [6.45, 7) is 0.708. The summed E-state index contributed by atoms with van der Waals surface area (Å²) in [5.41, 5.74) is 0.383. The molecule has 7 heteroatoms. The standard InChI is InChI=1S/C11H10ClF3O3/c1-6(17)10(12)9-3-2-8(4-7(9)5-16)18-11(13,14)15/h2-4,10,16H,5H2,1H3. The van der Waals surface area contributed by atoms with Crippen LogP contribution in [0.1, 0.15) is 23.4 Å². The van der Waals surface area contributed by atoms with Crippen LogP contribution in [0.25, 0.3) is 0 Å². The van der Waals surface area contributed by atoms with E-state index in [0.29, 0.717) is 0 Å². The van der Waals surface area contributed by atoms with Crippen molar-refractivity contribution >= 4 is 17.4 Å². The fourth-order valence-electron chi connectivity index (χ4n) is 1.38. The molecular weight excluding hydrogens is 273 g/mol. The second-order valence-electron chi connectivity index (χ2n) is 3.54. The first kappa shape index (κ1) is 14.8. The summed E-state index contributed by atoms with van der Waals surface area (Å²) in [7, 11) is 0. The topological polar surface area (TPSA) is 46.5 Å². The molecule has 3 nitrogen and oxygen atoms in total. The van der Waals surface area contributed by atoms with Crippen LogP contribution in [-0.4, -0.2) is 17.3 Å². The number of halogens is 4. The Bertz CT molecular complexity index is 446. The van der Waals surface area contributed by atoms with Crippen molar-refractivity contribution < 1.29 is 27.8 Å². The molecule has 0 saturated heterocycles. The van der Waals surface area contributed by atoms with E-state index in [0.717, 1.165) is 12.1 Å². The molecule has 0 aromatic heterocycles. The third-order valence-corrected chi connectivity index (χ3v) is 2.69. The number of carbonyl (C=O) groups is 1. The molecule has 0 fully saturated rings. The molecule has 0 aliphatic rings. The Morgan fingerprint density at radius 2 is 2.11 bits per heavy atom. The van der Waals surface area contributed by atoms with Crippen LogP contribution in [0.2, 0.25) is 0 Å². The third kappa shape index (κ3) is 3.89. The maximum atomic E-state index is 12.0. The molecular formula is C11H10ClF3O3. The van der Waals surface area contributed by atoms with Gasteiger partial charge in [-0.2, -0.15) is 0 Å². The number of Topliss-reactive ketones (excluding diaryl/α,β-unsaturated/α-hetero) is 1.